The molecule has 0 amide bonds. The maximum absolute atomic E-state index is 10.4. The second-order valence-electron chi connectivity index (χ2n) is 4.48. The molecule has 2 aromatic rings. The highest BCUT2D eigenvalue weighted by Gasteiger charge is 2.14. The van der Waals surface area contributed by atoms with Crippen LogP contribution < -0.4 is 0 Å². The first-order chi connectivity index (χ1) is 8.63. The van der Waals surface area contributed by atoms with Gasteiger partial charge in [-0.1, -0.05) is 61.0 Å². The van der Waals surface area contributed by atoms with Gasteiger partial charge in [0.2, 0.25) is 0 Å². The van der Waals surface area contributed by atoms with Gasteiger partial charge in [-0.15, -0.1) is 0 Å². The van der Waals surface area contributed by atoms with Gasteiger partial charge < -0.3 is 5.11 Å². The Morgan fingerprint density at radius 3 is 2.39 bits per heavy atom. The highest BCUT2D eigenvalue weighted by atomic mass is 35.5. The monoisotopic (exact) mass is 260 g/mol. The highest BCUT2D eigenvalue weighted by Crippen LogP contribution is 2.30. The Labute approximate surface area is 113 Å². The molecule has 0 saturated carbocycles. The fourth-order valence-corrected chi connectivity index (χ4v) is 2.23. The molecular formula is C16H17ClO. The lowest BCUT2D eigenvalue weighted by Crippen LogP contribution is -2.01. The fraction of sp³-hybridized carbons (Fsp3) is 0.250. The van der Waals surface area contributed by atoms with E-state index in [1.54, 1.807) is 0 Å². The SMILES string of the molecule is CCc1ccc(C(O)c2cccc(C)c2Cl)cc1. The Bertz CT molecular complexity index is 531. The normalized spacial score (nSPS) is 12.4. The van der Waals surface area contributed by atoms with Crippen LogP contribution in [0.15, 0.2) is 42.5 Å². The molecule has 0 saturated heterocycles. The summed E-state index contributed by atoms with van der Waals surface area (Å²) in [6.07, 6.45) is 0.338. The minimum Gasteiger partial charge on any atom is -0.384 e. The summed E-state index contributed by atoms with van der Waals surface area (Å²) in [6, 6.07) is 13.7. The number of hydrogen-bond acceptors (Lipinski definition) is 1. The van der Waals surface area contributed by atoms with Crippen LogP contribution in [0.1, 0.15) is 35.3 Å². The van der Waals surface area contributed by atoms with Crippen molar-refractivity contribution >= 4 is 11.6 Å². The third-order valence-corrected chi connectivity index (χ3v) is 3.74. The Morgan fingerprint density at radius 1 is 1.11 bits per heavy atom. The van der Waals surface area contributed by atoms with E-state index in [1.807, 2.05) is 49.4 Å². The molecule has 0 bridgehead atoms. The maximum Gasteiger partial charge on any atom is 0.105 e. The Balaban J connectivity index is 2.35. The van der Waals surface area contributed by atoms with Crippen molar-refractivity contribution in [2.24, 2.45) is 0 Å². The summed E-state index contributed by atoms with van der Waals surface area (Å²) in [5.74, 6) is 0. The lowest BCUT2D eigenvalue weighted by molar-refractivity contribution is 0.220. The molecule has 1 nitrogen and oxygen atoms in total. The molecule has 94 valence electrons. The number of aliphatic hydroxyl groups excluding tert-OH is 1. The Hall–Kier alpha value is -1.31. The standard InChI is InChI=1S/C16H17ClO/c1-3-12-7-9-13(10-8-12)16(18)14-6-4-5-11(2)15(14)17/h4-10,16,18H,3H2,1-2H3. The third kappa shape index (κ3) is 2.58. The molecule has 0 heterocycles. The van der Waals surface area contributed by atoms with Crippen molar-refractivity contribution in [2.75, 3.05) is 0 Å². The molecule has 0 radical (unpaired) electrons. The molecule has 0 aliphatic heterocycles. The molecular weight excluding hydrogens is 244 g/mol. The first kappa shape index (κ1) is 13.1. The molecule has 1 unspecified atom stereocenters. The molecule has 0 aliphatic carbocycles. The number of halogens is 1. The van der Waals surface area contributed by atoms with Gasteiger partial charge in [-0.3, -0.25) is 0 Å². The highest BCUT2D eigenvalue weighted by molar-refractivity contribution is 6.32. The van der Waals surface area contributed by atoms with Gasteiger partial charge in [0.25, 0.3) is 0 Å². The quantitative estimate of drug-likeness (QED) is 0.873. The summed E-state index contributed by atoms with van der Waals surface area (Å²) in [5.41, 5.74) is 3.89. The van der Waals surface area contributed by atoms with Crippen molar-refractivity contribution in [3.8, 4) is 0 Å². The zero-order chi connectivity index (χ0) is 13.1. The Kier molecular flexibility index (Phi) is 4.05. The van der Waals surface area contributed by atoms with Crippen molar-refractivity contribution in [3.63, 3.8) is 0 Å². The molecule has 0 aromatic heterocycles. The lowest BCUT2D eigenvalue weighted by Gasteiger charge is -2.14. The zero-order valence-corrected chi connectivity index (χ0v) is 11.4. The van der Waals surface area contributed by atoms with E-state index in [4.69, 9.17) is 11.6 Å². The van der Waals surface area contributed by atoms with Crippen molar-refractivity contribution in [3.05, 3.63) is 69.7 Å². The minimum absolute atomic E-state index is 0.643. The molecule has 1 atom stereocenters. The summed E-state index contributed by atoms with van der Waals surface area (Å²) in [5, 5.41) is 11.0. The number of rotatable bonds is 3. The van der Waals surface area contributed by atoms with E-state index in [1.165, 1.54) is 5.56 Å². The van der Waals surface area contributed by atoms with Crippen LogP contribution >= 0.6 is 11.6 Å². The number of benzene rings is 2. The molecule has 18 heavy (non-hydrogen) atoms. The van der Waals surface area contributed by atoms with Crippen LogP contribution in [-0.4, -0.2) is 5.11 Å². The lowest BCUT2D eigenvalue weighted by atomic mass is 9.98. The van der Waals surface area contributed by atoms with E-state index in [9.17, 15) is 5.11 Å². The van der Waals surface area contributed by atoms with Crippen molar-refractivity contribution in [2.45, 2.75) is 26.4 Å². The van der Waals surface area contributed by atoms with E-state index < -0.39 is 6.10 Å². The molecule has 1 N–H and O–H groups in total. The van der Waals surface area contributed by atoms with Crippen molar-refractivity contribution in [1.82, 2.24) is 0 Å². The number of aliphatic hydroxyl groups is 1. The van der Waals surface area contributed by atoms with Crippen molar-refractivity contribution in [1.29, 1.82) is 0 Å². The van der Waals surface area contributed by atoms with Gasteiger partial charge in [0.15, 0.2) is 0 Å². The number of hydrogen-bond donors (Lipinski definition) is 1. The van der Waals surface area contributed by atoms with Crippen LogP contribution in [-0.2, 0) is 6.42 Å². The zero-order valence-electron chi connectivity index (χ0n) is 10.7. The van der Waals surface area contributed by atoms with Crippen LogP contribution in [0.25, 0.3) is 0 Å². The topological polar surface area (TPSA) is 20.2 Å². The van der Waals surface area contributed by atoms with Crippen LogP contribution in [0.3, 0.4) is 0 Å². The number of aryl methyl sites for hydroxylation is 2. The summed E-state index contributed by atoms with van der Waals surface area (Å²) >= 11 is 6.24. The van der Waals surface area contributed by atoms with Gasteiger partial charge >= 0.3 is 0 Å². The second kappa shape index (κ2) is 5.55. The van der Waals surface area contributed by atoms with E-state index in [2.05, 4.69) is 6.92 Å². The first-order valence-electron chi connectivity index (χ1n) is 6.15. The van der Waals surface area contributed by atoms with E-state index >= 15 is 0 Å². The van der Waals surface area contributed by atoms with Gasteiger partial charge in [0.05, 0.1) is 0 Å². The van der Waals surface area contributed by atoms with E-state index in [0.29, 0.717) is 5.02 Å². The maximum atomic E-state index is 10.4. The summed E-state index contributed by atoms with van der Waals surface area (Å²) in [7, 11) is 0. The molecule has 2 heteroatoms. The average molecular weight is 261 g/mol. The fourth-order valence-electron chi connectivity index (χ4n) is 2.00. The molecule has 0 aliphatic rings. The van der Waals surface area contributed by atoms with Gasteiger partial charge in [-0.05, 0) is 30.0 Å². The Morgan fingerprint density at radius 2 is 1.78 bits per heavy atom. The smallest absolute Gasteiger partial charge is 0.105 e. The summed E-state index contributed by atoms with van der Waals surface area (Å²) < 4.78 is 0. The van der Waals surface area contributed by atoms with Crippen LogP contribution in [0.2, 0.25) is 5.02 Å². The van der Waals surface area contributed by atoms with Gasteiger partial charge in [-0.25, -0.2) is 0 Å². The predicted octanol–water partition coefficient (Wildman–Crippen LogP) is 4.29. The van der Waals surface area contributed by atoms with Crippen LogP contribution in [0.4, 0.5) is 0 Å². The van der Waals surface area contributed by atoms with Crippen LogP contribution in [0, 0.1) is 6.92 Å². The molecule has 2 aromatic carbocycles. The van der Waals surface area contributed by atoms with Gasteiger partial charge in [-0.2, -0.15) is 0 Å². The van der Waals surface area contributed by atoms with Gasteiger partial charge in [0, 0.05) is 10.6 Å². The largest absolute Gasteiger partial charge is 0.384 e. The van der Waals surface area contributed by atoms with E-state index in [-0.39, 0.29) is 0 Å². The van der Waals surface area contributed by atoms with E-state index in [0.717, 1.165) is 23.1 Å². The van der Waals surface area contributed by atoms with Crippen molar-refractivity contribution < 1.29 is 5.11 Å². The minimum atomic E-state index is -0.664. The second-order valence-corrected chi connectivity index (χ2v) is 4.85. The van der Waals surface area contributed by atoms with Crippen LogP contribution in [0.5, 0.6) is 0 Å². The molecule has 0 spiro atoms. The van der Waals surface area contributed by atoms with Gasteiger partial charge in [0.1, 0.15) is 6.10 Å². The first-order valence-corrected chi connectivity index (χ1v) is 6.53. The average Bonchev–Trinajstić information content (AvgIpc) is 2.41. The molecule has 0 fully saturated rings. The predicted molar refractivity (Wildman–Crippen MR) is 76.1 cm³/mol. The summed E-state index contributed by atoms with van der Waals surface area (Å²) in [4.78, 5) is 0. The molecule has 2 rings (SSSR count). The third-order valence-electron chi connectivity index (χ3n) is 3.22. The summed E-state index contributed by atoms with van der Waals surface area (Å²) in [6.45, 7) is 4.06.